The van der Waals surface area contributed by atoms with Gasteiger partial charge in [0.25, 0.3) is 0 Å². The molecule has 0 spiro atoms. The molecule has 3 heterocycles. The Hall–Kier alpha value is -1.67. The van der Waals surface area contributed by atoms with Crippen LogP contribution in [0.4, 0.5) is 5.13 Å². The zero-order chi connectivity index (χ0) is 15.7. The average molecular weight is 322 g/mol. The van der Waals surface area contributed by atoms with E-state index >= 15 is 0 Å². The summed E-state index contributed by atoms with van der Waals surface area (Å²) in [5.41, 5.74) is 7.36. The van der Waals surface area contributed by atoms with Crippen LogP contribution in [-0.2, 0) is 11.8 Å². The van der Waals surface area contributed by atoms with E-state index in [1.807, 2.05) is 18.7 Å². The Labute approximate surface area is 133 Å². The maximum atomic E-state index is 11.3. The topological polar surface area (TPSA) is 89.1 Å². The summed E-state index contributed by atoms with van der Waals surface area (Å²) < 4.78 is 2.95. The van der Waals surface area contributed by atoms with Gasteiger partial charge in [0.2, 0.25) is 5.91 Å². The molecule has 0 aliphatic carbocycles. The monoisotopic (exact) mass is 322 g/mol. The van der Waals surface area contributed by atoms with Gasteiger partial charge in [0.05, 0.1) is 16.3 Å². The molecule has 22 heavy (non-hydrogen) atoms. The lowest BCUT2D eigenvalue weighted by Crippen LogP contribution is -2.42. The second-order valence-electron chi connectivity index (χ2n) is 5.85. The van der Waals surface area contributed by atoms with Crippen molar-refractivity contribution in [2.45, 2.75) is 19.8 Å². The number of hydrogen-bond acceptors (Lipinski definition) is 6. The summed E-state index contributed by atoms with van der Waals surface area (Å²) in [4.78, 5) is 18.2. The average Bonchev–Trinajstić information content (AvgIpc) is 3.01. The van der Waals surface area contributed by atoms with Gasteiger partial charge in [0.1, 0.15) is 0 Å². The predicted molar refractivity (Wildman–Crippen MR) is 88.0 cm³/mol. The van der Waals surface area contributed by atoms with Crippen molar-refractivity contribution in [2.75, 3.05) is 31.5 Å². The Morgan fingerprint density at radius 3 is 3.09 bits per heavy atom. The first-order chi connectivity index (χ1) is 10.5. The number of primary amides is 1. The van der Waals surface area contributed by atoms with E-state index in [0.29, 0.717) is 0 Å². The number of piperidine rings is 1. The van der Waals surface area contributed by atoms with Crippen molar-refractivity contribution < 1.29 is 4.79 Å². The molecule has 1 aliphatic heterocycles. The standard InChI is InChI=1S/C14H22N6OS/c1-9-11-13(19(2)18-9)17-14(22-11)16-5-7-20-6-3-4-10(8-20)12(15)21/h10H,3-8H2,1-2H3,(H2,15,21)(H,16,17)/t10-/m1/s1. The van der Waals surface area contributed by atoms with Crippen LogP contribution in [0, 0.1) is 12.8 Å². The molecule has 0 saturated carbocycles. The summed E-state index contributed by atoms with van der Waals surface area (Å²) in [5.74, 6) is -0.170. The fraction of sp³-hybridized carbons (Fsp3) is 0.643. The number of thiazole rings is 1. The Bertz CT molecular complexity index is 644. The van der Waals surface area contributed by atoms with Crippen LogP contribution in [0.15, 0.2) is 0 Å². The summed E-state index contributed by atoms with van der Waals surface area (Å²) >= 11 is 1.64. The summed E-state index contributed by atoms with van der Waals surface area (Å²) in [7, 11) is 1.91. The van der Waals surface area contributed by atoms with Crippen molar-refractivity contribution in [3.8, 4) is 0 Å². The van der Waals surface area contributed by atoms with Gasteiger partial charge in [0.15, 0.2) is 10.8 Å². The molecule has 120 valence electrons. The quantitative estimate of drug-likeness (QED) is 0.855. The second-order valence-corrected chi connectivity index (χ2v) is 6.85. The van der Waals surface area contributed by atoms with Gasteiger partial charge >= 0.3 is 0 Å². The van der Waals surface area contributed by atoms with Crippen LogP contribution in [-0.4, -0.2) is 51.8 Å². The molecular formula is C14H22N6OS. The molecule has 1 aliphatic rings. The fourth-order valence-electron chi connectivity index (χ4n) is 2.97. The summed E-state index contributed by atoms with van der Waals surface area (Å²) in [5, 5.41) is 8.65. The normalized spacial score (nSPS) is 19.6. The number of fused-ring (bicyclic) bond motifs is 1. The maximum Gasteiger partial charge on any atom is 0.221 e. The minimum atomic E-state index is -0.174. The van der Waals surface area contributed by atoms with Gasteiger partial charge in [-0.05, 0) is 26.3 Å². The van der Waals surface area contributed by atoms with Crippen LogP contribution in [0.1, 0.15) is 18.5 Å². The van der Waals surface area contributed by atoms with Crippen molar-refractivity contribution in [3.63, 3.8) is 0 Å². The van der Waals surface area contributed by atoms with Gasteiger partial charge in [-0.25, -0.2) is 9.67 Å². The first-order valence-corrected chi connectivity index (χ1v) is 8.42. The number of nitrogens with two attached hydrogens (primary N) is 1. The molecule has 0 bridgehead atoms. The van der Waals surface area contributed by atoms with E-state index in [2.05, 4.69) is 20.3 Å². The van der Waals surface area contributed by atoms with Gasteiger partial charge < -0.3 is 16.0 Å². The number of amides is 1. The van der Waals surface area contributed by atoms with Crippen LogP contribution in [0.2, 0.25) is 0 Å². The van der Waals surface area contributed by atoms with E-state index in [-0.39, 0.29) is 11.8 Å². The molecule has 3 rings (SSSR count). The number of aryl methyl sites for hydroxylation is 2. The van der Waals surface area contributed by atoms with E-state index in [4.69, 9.17) is 5.73 Å². The minimum absolute atomic E-state index is 0.00456. The van der Waals surface area contributed by atoms with E-state index in [0.717, 1.165) is 60.2 Å². The van der Waals surface area contributed by atoms with Crippen molar-refractivity contribution in [2.24, 2.45) is 18.7 Å². The molecular weight excluding hydrogens is 300 g/mol. The number of nitrogens with one attached hydrogen (secondary N) is 1. The molecule has 0 radical (unpaired) electrons. The number of nitrogens with zero attached hydrogens (tertiary/aromatic N) is 4. The summed E-state index contributed by atoms with van der Waals surface area (Å²) in [6.07, 6.45) is 1.96. The molecule has 1 atom stereocenters. The third-order valence-electron chi connectivity index (χ3n) is 4.16. The molecule has 2 aromatic heterocycles. The fourth-order valence-corrected chi connectivity index (χ4v) is 3.93. The highest BCUT2D eigenvalue weighted by molar-refractivity contribution is 7.22. The van der Waals surface area contributed by atoms with Crippen LogP contribution >= 0.6 is 11.3 Å². The third kappa shape index (κ3) is 3.07. The lowest BCUT2D eigenvalue weighted by atomic mass is 9.97. The maximum absolute atomic E-state index is 11.3. The van der Waals surface area contributed by atoms with Gasteiger partial charge in [0, 0.05) is 26.7 Å². The summed E-state index contributed by atoms with van der Waals surface area (Å²) in [6, 6.07) is 0. The van der Waals surface area contributed by atoms with Gasteiger partial charge in [-0.1, -0.05) is 11.3 Å². The largest absolute Gasteiger partial charge is 0.369 e. The number of anilines is 1. The Morgan fingerprint density at radius 2 is 2.36 bits per heavy atom. The van der Waals surface area contributed by atoms with Crippen molar-refractivity contribution in [3.05, 3.63) is 5.69 Å². The number of rotatable bonds is 5. The van der Waals surface area contributed by atoms with Crippen molar-refractivity contribution >= 4 is 32.7 Å². The molecule has 1 saturated heterocycles. The number of carbonyl (C=O) groups is 1. The molecule has 0 unspecified atom stereocenters. The first-order valence-electron chi connectivity index (χ1n) is 7.60. The zero-order valence-corrected chi connectivity index (χ0v) is 13.8. The first kappa shape index (κ1) is 15.2. The van der Waals surface area contributed by atoms with Crippen molar-refractivity contribution in [1.29, 1.82) is 0 Å². The highest BCUT2D eigenvalue weighted by atomic mass is 32.1. The van der Waals surface area contributed by atoms with Crippen LogP contribution in [0.3, 0.4) is 0 Å². The molecule has 2 aromatic rings. The Morgan fingerprint density at radius 1 is 1.55 bits per heavy atom. The smallest absolute Gasteiger partial charge is 0.221 e. The molecule has 3 N–H and O–H groups in total. The Kier molecular flexibility index (Phi) is 4.30. The van der Waals surface area contributed by atoms with E-state index in [1.165, 1.54) is 0 Å². The molecule has 7 nitrogen and oxygen atoms in total. The lowest BCUT2D eigenvalue weighted by Gasteiger charge is -2.30. The number of likely N-dealkylation sites (tertiary alicyclic amines) is 1. The SMILES string of the molecule is Cc1nn(C)c2nc(NCCN3CCC[C@@H](C(N)=O)C3)sc12. The van der Waals surface area contributed by atoms with Crippen LogP contribution < -0.4 is 11.1 Å². The Balaban J connectivity index is 1.53. The van der Waals surface area contributed by atoms with E-state index in [9.17, 15) is 4.79 Å². The van der Waals surface area contributed by atoms with E-state index in [1.54, 1.807) is 11.3 Å². The number of hydrogen-bond donors (Lipinski definition) is 2. The molecule has 1 fully saturated rings. The highest BCUT2D eigenvalue weighted by Gasteiger charge is 2.23. The van der Waals surface area contributed by atoms with Crippen LogP contribution in [0.5, 0.6) is 0 Å². The third-order valence-corrected chi connectivity index (χ3v) is 5.27. The minimum Gasteiger partial charge on any atom is -0.369 e. The summed E-state index contributed by atoms with van der Waals surface area (Å²) in [6.45, 7) is 5.53. The van der Waals surface area contributed by atoms with Gasteiger partial charge in [-0.3, -0.25) is 4.79 Å². The molecule has 1 amide bonds. The van der Waals surface area contributed by atoms with Gasteiger partial charge in [-0.2, -0.15) is 5.10 Å². The zero-order valence-electron chi connectivity index (χ0n) is 13.0. The predicted octanol–water partition coefficient (Wildman–Crippen LogP) is 0.947. The van der Waals surface area contributed by atoms with E-state index < -0.39 is 0 Å². The molecule has 0 aromatic carbocycles. The lowest BCUT2D eigenvalue weighted by molar-refractivity contribution is -0.123. The highest BCUT2D eigenvalue weighted by Crippen LogP contribution is 2.27. The number of carbonyl (C=O) groups excluding carboxylic acids is 1. The number of aromatic nitrogens is 3. The molecule has 8 heteroatoms. The van der Waals surface area contributed by atoms with Gasteiger partial charge in [-0.15, -0.1) is 0 Å². The van der Waals surface area contributed by atoms with Crippen molar-refractivity contribution in [1.82, 2.24) is 19.7 Å². The van der Waals surface area contributed by atoms with Crippen LogP contribution in [0.25, 0.3) is 10.3 Å². The second kappa shape index (κ2) is 6.21.